The fraction of sp³-hybridized carbons (Fsp3) is 0.235. The fourth-order valence-corrected chi connectivity index (χ4v) is 3.67. The number of benzene rings is 2. The van der Waals surface area contributed by atoms with Crippen molar-refractivity contribution in [3.8, 4) is 11.5 Å². The van der Waals surface area contributed by atoms with Crippen LogP contribution in [0.2, 0.25) is 0 Å². The monoisotopic (exact) mass is 349 g/mol. The van der Waals surface area contributed by atoms with E-state index in [4.69, 9.17) is 15.6 Å². The van der Waals surface area contributed by atoms with Crippen LogP contribution in [0, 0.1) is 0 Å². The van der Waals surface area contributed by atoms with Gasteiger partial charge in [-0.1, -0.05) is 30.3 Å². The Labute approximate surface area is 140 Å². The Bertz CT molecular complexity index is 735. The fourth-order valence-electron chi connectivity index (χ4n) is 2.18. The number of nitrogens with two attached hydrogens (primary N) is 1. The van der Waals surface area contributed by atoms with Gasteiger partial charge in [0.2, 0.25) is 7.37 Å². The van der Waals surface area contributed by atoms with Crippen molar-refractivity contribution in [2.75, 3.05) is 0 Å². The van der Waals surface area contributed by atoms with Gasteiger partial charge in [-0.3, -0.25) is 9.36 Å². The minimum absolute atomic E-state index is 0.0384. The molecule has 0 saturated carbocycles. The molecule has 0 aliphatic carbocycles. The number of carboxylic acid groups (broad SMARTS) is 1. The number of carboxylic acids is 1. The van der Waals surface area contributed by atoms with Gasteiger partial charge in [0.05, 0.1) is 11.9 Å². The lowest BCUT2D eigenvalue weighted by atomic mass is 10.2. The number of ether oxygens (including phenoxy) is 1. The second-order valence-electron chi connectivity index (χ2n) is 5.48. The molecule has 0 aromatic heterocycles. The third kappa shape index (κ3) is 5.49. The van der Waals surface area contributed by atoms with E-state index in [1.165, 1.54) is 0 Å². The Balaban J connectivity index is 2.05. The molecule has 2 aromatic carbocycles. The average molecular weight is 349 g/mol. The first-order valence-corrected chi connectivity index (χ1v) is 9.39. The lowest BCUT2D eigenvalue weighted by molar-refractivity contribution is -0.137. The summed E-state index contributed by atoms with van der Waals surface area (Å²) in [5, 5.41) is 8.65. The molecular weight excluding hydrogens is 329 g/mol. The minimum atomic E-state index is -3.71. The molecule has 0 amide bonds. The average Bonchev–Trinajstić information content (AvgIpc) is 2.53. The van der Waals surface area contributed by atoms with Gasteiger partial charge in [0, 0.05) is 6.42 Å². The zero-order valence-corrected chi connectivity index (χ0v) is 13.9. The molecule has 4 N–H and O–H groups in total. The number of carbonyl (C=O) groups is 1. The van der Waals surface area contributed by atoms with Gasteiger partial charge in [0.25, 0.3) is 0 Å². The Hall–Kier alpha value is -2.14. The van der Waals surface area contributed by atoms with E-state index in [0.717, 1.165) is 0 Å². The normalized spacial score (nSPS) is 14.6. The maximum atomic E-state index is 12.4. The number of hydrogen-bond acceptors (Lipinski definition) is 4. The molecule has 2 atom stereocenters. The second-order valence-corrected chi connectivity index (χ2v) is 7.97. The van der Waals surface area contributed by atoms with Crippen LogP contribution >= 0.6 is 7.37 Å². The van der Waals surface area contributed by atoms with Gasteiger partial charge < -0.3 is 20.5 Å². The van der Waals surface area contributed by atoms with E-state index in [1.807, 2.05) is 30.3 Å². The third-order valence-corrected chi connectivity index (χ3v) is 5.57. The van der Waals surface area contributed by atoms with Crippen LogP contribution < -0.4 is 10.5 Å². The molecule has 0 heterocycles. The molecule has 0 saturated heterocycles. The zero-order valence-electron chi connectivity index (χ0n) is 13.0. The summed E-state index contributed by atoms with van der Waals surface area (Å²) in [6, 6.07) is 16.1. The molecular formula is C17H20NO5P. The maximum Gasteiger partial charge on any atom is 0.303 e. The summed E-state index contributed by atoms with van der Waals surface area (Å²) in [6.45, 7) is 0. The molecule has 0 aliphatic heterocycles. The van der Waals surface area contributed by atoms with E-state index in [0.29, 0.717) is 17.1 Å². The zero-order chi connectivity index (χ0) is 17.6. The number of rotatable bonds is 8. The summed E-state index contributed by atoms with van der Waals surface area (Å²) in [5.74, 6) is -0.881. The SMILES string of the molecule is NC(CCC(=O)O)P(=O)(O)Cc1cccc(Oc2ccccc2)c1. The highest BCUT2D eigenvalue weighted by Crippen LogP contribution is 2.49. The van der Waals surface area contributed by atoms with Gasteiger partial charge in [-0.25, -0.2) is 0 Å². The van der Waals surface area contributed by atoms with Crippen molar-refractivity contribution in [1.82, 2.24) is 0 Å². The standard InChI is InChI=1S/C17H20NO5P/c18-16(9-10-17(19)20)24(21,22)12-13-5-4-8-15(11-13)23-14-6-2-1-3-7-14/h1-8,11,16H,9-10,12,18H2,(H,19,20)(H,21,22). The van der Waals surface area contributed by atoms with Crippen molar-refractivity contribution >= 4 is 13.3 Å². The second kappa shape index (κ2) is 8.11. The van der Waals surface area contributed by atoms with E-state index in [1.54, 1.807) is 24.3 Å². The highest BCUT2D eigenvalue weighted by atomic mass is 31.2. The van der Waals surface area contributed by atoms with Crippen LogP contribution in [0.3, 0.4) is 0 Å². The van der Waals surface area contributed by atoms with Crippen molar-refractivity contribution in [2.45, 2.75) is 24.8 Å². The molecule has 128 valence electrons. The molecule has 0 bridgehead atoms. The minimum Gasteiger partial charge on any atom is -0.481 e. The molecule has 0 spiro atoms. The number of para-hydroxylation sites is 1. The van der Waals surface area contributed by atoms with Crippen LogP contribution in [-0.2, 0) is 15.5 Å². The third-order valence-electron chi connectivity index (χ3n) is 3.46. The van der Waals surface area contributed by atoms with Crippen LogP contribution in [0.1, 0.15) is 18.4 Å². The Kier molecular flexibility index (Phi) is 6.15. The predicted molar refractivity (Wildman–Crippen MR) is 91.3 cm³/mol. The molecule has 2 aromatic rings. The van der Waals surface area contributed by atoms with Crippen LogP contribution in [0.4, 0.5) is 0 Å². The number of hydrogen-bond donors (Lipinski definition) is 3. The first-order valence-electron chi connectivity index (χ1n) is 7.47. The maximum absolute atomic E-state index is 12.4. The van der Waals surface area contributed by atoms with Gasteiger partial charge in [-0.05, 0) is 36.2 Å². The van der Waals surface area contributed by atoms with Crippen LogP contribution in [0.25, 0.3) is 0 Å². The smallest absolute Gasteiger partial charge is 0.303 e. The van der Waals surface area contributed by atoms with Gasteiger partial charge in [0.1, 0.15) is 11.5 Å². The summed E-state index contributed by atoms with van der Waals surface area (Å²) in [6.07, 6.45) is -0.397. The van der Waals surface area contributed by atoms with Crippen molar-refractivity contribution in [3.63, 3.8) is 0 Å². The Morgan fingerprint density at radius 3 is 2.46 bits per heavy atom. The predicted octanol–water partition coefficient (Wildman–Crippen LogP) is 3.40. The first kappa shape index (κ1) is 18.2. The van der Waals surface area contributed by atoms with Gasteiger partial charge in [-0.2, -0.15) is 0 Å². The van der Waals surface area contributed by atoms with E-state index >= 15 is 0 Å². The molecule has 24 heavy (non-hydrogen) atoms. The van der Waals surface area contributed by atoms with E-state index < -0.39 is 19.1 Å². The molecule has 0 aliphatic rings. The van der Waals surface area contributed by atoms with Crippen LogP contribution in [-0.4, -0.2) is 21.8 Å². The molecule has 2 unspecified atom stereocenters. The van der Waals surface area contributed by atoms with E-state index in [-0.39, 0.29) is 19.0 Å². The van der Waals surface area contributed by atoms with Gasteiger partial charge in [-0.15, -0.1) is 0 Å². The van der Waals surface area contributed by atoms with Crippen molar-refractivity contribution in [1.29, 1.82) is 0 Å². The molecule has 2 rings (SSSR count). The van der Waals surface area contributed by atoms with E-state index in [2.05, 4.69) is 0 Å². The van der Waals surface area contributed by atoms with Crippen LogP contribution in [0.15, 0.2) is 54.6 Å². The number of aliphatic carboxylic acids is 1. The Morgan fingerprint density at radius 1 is 1.12 bits per heavy atom. The first-order chi connectivity index (χ1) is 11.4. The largest absolute Gasteiger partial charge is 0.481 e. The summed E-state index contributed by atoms with van der Waals surface area (Å²) in [7, 11) is -3.71. The quantitative estimate of drug-likeness (QED) is 0.630. The molecule has 0 radical (unpaired) electrons. The van der Waals surface area contributed by atoms with Gasteiger partial charge >= 0.3 is 5.97 Å². The van der Waals surface area contributed by atoms with Crippen molar-refractivity contribution in [3.05, 3.63) is 60.2 Å². The van der Waals surface area contributed by atoms with Crippen LogP contribution in [0.5, 0.6) is 11.5 Å². The summed E-state index contributed by atoms with van der Waals surface area (Å²) < 4.78 is 18.1. The lowest BCUT2D eigenvalue weighted by Crippen LogP contribution is -2.22. The summed E-state index contributed by atoms with van der Waals surface area (Å²) in [4.78, 5) is 20.7. The van der Waals surface area contributed by atoms with Crippen molar-refractivity contribution in [2.24, 2.45) is 5.73 Å². The van der Waals surface area contributed by atoms with E-state index in [9.17, 15) is 14.3 Å². The summed E-state index contributed by atoms with van der Waals surface area (Å²) in [5.41, 5.74) is 6.31. The molecule has 6 nitrogen and oxygen atoms in total. The molecule has 7 heteroatoms. The molecule has 0 fully saturated rings. The summed E-state index contributed by atoms with van der Waals surface area (Å²) >= 11 is 0. The topological polar surface area (TPSA) is 110 Å². The van der Waals surface area contributed by atoms with Gasteiger partial charge in [0.15, 0.2) is 0 Å². The highest BCUT2D eigenvalue weighted by molar-refractivity contribution is 7.57. The Morgan fingerprint density at radius 2 is 1.79 bits per heavy atom. The van der Waals surface area contributed by atoms with Crippen molar-refractivity contribution < 1.29 is 24.1 Å². The highest BCUT2D eigenvalue weighted by Gasteiger charge is 2.28. The lowest BCUT2D eigenvalue weighted by Gasteiger charge is -2.19.